The van der Waals surface area contributed by atoms with Crippen LogP contribution >= 0.6 is 0 Å². The van der Waals surface area contributed by atoms with Gasteiger partial charge in [0.05, 0.1) is 12.3 Å². The summed E-state index contributed by atoms with van der Waals surface area (Å²) in [6, 6.07) is 0.0304. The quantitative estimate of drug-likeness (QED) is 0.620. The fourth-order valence-corrected chi connectivity index (χ4v) is 1.62. The average Bonchev–Trinajstić information content (AvgIpc) is 2.09. The van der Waals surface area contributed by atoms with E-state index in [-0.39, 0.29) is 24.9 Å². The number of rotatable bonds is 7. The van der Waals surface area contributed by atoms with Crippen molar-refractivity contribution in [1.82, 2.24) is 4.90 Å². The Balaban J connectivity index is 4.31. The van der Waals surface area contributed by atoms with Crippen LogP contribution in [0.5, 0.6) is 0 Å². The largest absolute Gasteiger partial charge is 0.480 e. The highest BCUT2D eigenvalue weighted by Gasteiger charge is 2.17. The molecular weight excluding hydrogens is 220 g/mol. The van der Waals surface area contributed by atoms with E-state index in [9.17, 15) is 13.2 Å². The van der Waals surface area contributed by atoms with E-state index in [1.165, 1.54) is 0 Å². The van der Waals surface area contributed by atoms with Gasteiger partial charge in [-0.2, -0.15) is 0 Å². The maximum absolute atomic E-state index is 10.7. The van der Waals surface area contributed by atoms with Crippen molar-refractivity contribution in [2.75, 3.05) is 18.8 Å². The van der Waals surface area contributed by atoms with E-state index in [1.54, 1.807) is 4.90 Å². The predicted octanol–water partition coefficient (Wildman–Crippen LogP) is -0.540. The lowest BCUT2D eigenvalue weighted by molar-refractivity contribution is -0.138. The topological polar surface area (TPSA) is 101 Å². The second-order valence-electron chi connectivity index (χ2n) is 3.49. The van der Waals surface area contributed by atoms with Gasteiger partial charge in [-0.15, -0.1) is 0 Å². The Kier molecular flexibility index (Phi) is 5.77. The number of nitrogens with two attached hydrogens (primary N) is 1. The van der Waals surface area contributed by atoms with Crippen molar-refractivity contribution in [2.45, 2.75) is 26.3 Å². The van der Waals surface area contributed by atoms with Crippen molar-refractivity contribution in [1.29, 1.82) is 0 Å². The molecule has 0 aliphatic heterocycles. The van der Waals surface area contributed by atoms with E-state index < -0.39 is 16.0 Å². The van der Waals surface area contributed by atoms with Crippen LogP contribution < -0.4 is 5.14 Å². The van der Waals surface area contributed by atoms with Crippen molar-refractivity contribution < 1.29 is 18.3 Å². The molecule has 0 radical (unpaired) electrons. The lowest BCUT2D eigenvalue weighted by atomic mass is 10.2. The van der Waals surface area contributed by atoms with Gasteiger partial charge in [-0.05, 0) is 13.3 Å². The van der Waals surface area contributed by atoms with Gasteiger partial charge in [0.2, 0.25) is 10.0 Å². The molecule has 0 amide bonds. The number of carboxylic acids is 1. The number of hydrogen-bond donors (Lipinski definition) is 2. The van der Waals surface area contributed by atoms with Gasteiger partial charge in [-0.25, -0.2) is 13.6 Å². The van der Waals surface area contributed by atoms with Gasteiger partial charge >= 0.3 is 5.97 Å². The molecule has 0 aromatic heterocycles. The normalized spacial score (nSPS) is 14.1. The zero-order chi connectivity index (χ0) is 12.1. The predicted molar refractivity (Wildman–Crippen MR) is 56.9 cm³/mol. The fourth-order valence-electron chi connectivity index (χ4n) is 1.13. The summed E-state index contributed by atoms with van der Waals surface area (Å²) >= 11 is 0. The highest BCUT2D eigenvalue weighted by atomic mass is 32.2. The van der Waals surface area contributed by atoms with E-state index >= 15 is 0 Å². The molecule has 0 spiro atoms. The van der Waals surface area contributed by atoms with Crippen LogP contribution in [0.3, 0.4) is 0 Å². The highest BCUT2D eigenvalue weighted by molar-refractivity contribution is 7.89. The lowest BCUT2D eigenvalue weighted by Crippen LogP contribution is -2.40. The summed E-state index contributed by atoms with van der Waals surface area (Å²) in [5.41, 5.74) is 0. The molecule has 0 aliphatic rings. The monoisotopic (exact) mass is 238 g/mol. The molecule has 0 heterocycles. The molecule has 0 fully saturated rings. The first kappa shape index (κ1) is 14.3. The number of sulfonamides is 1. The van der Waals surface area contributed by atoms with Crippen LogP contribution in [0.2, 0.25) is 0 Å². The van der Waals surface area contributed by atoms with Crippen LogP contribution in [0.15, 0.2) is 0 Å². The van der Waals surface area contributed by atoms with E-state index in [4.69, 9.17) is 10.2 Å². The summed E-state index contributed by atoms with van der Waals surface area (Å²) in [4.78, 5) is 12.1. The van der Waals surface area contributed by atoms with Crippen LogP contribution in [-0.4, -0.2) is 49.3 Å². The number of carbonyl (C=O) groups is 1. The third-order valence-corrected chi connectivity index (χ3v) is 2.97. The second-order valence-corrected chi connectivity index (χ2v) is 5.22. The van der Waals surface area contributed by atoms with Gasteiger partial charge in [-0.3, -0.25) is 9.69 Å². The van der Waals surface area contributed by atoms with Crippen LogP contribution in [0.1, 0.15) is 20.3 Å². The Hall–Kier alpha value is -0.660. The molecule has 0 aromatic carbocycles. The molecule has 6 nitrogen and oxygen atoms in total. The minimum Gasteiger partial charge on any atom is -0.480 e. The molecule has 0 saturated carbocycles. The summed E-state index contributed by atoms with van der Waals surface area (Å²) in [6.07, 6.45) is 0.762. The summed E-state index contributed by atoms with van der Waals surface area (Å²) in [5.74, 6) is -1.19. The van der Waals surface area contributed by atoms with E-state index in [0.29, 0.717) is 0 Å². The molecule has 0 aliphatic carbocycles. The van der Waals surface area contributed by atoms with Crippen molar-refractivity contribution in [2.24, 2.45) is 5.14 Å². The van der Waals surface area contributed by atoms with Crippen LogP contribution in [-0.2, 0) is 14.8 Å². The van der Waals surface area contributed by atoms with Crippen molar-refractivity contribution in [3.05, 3.63) is 0 Å². The summed E-state index contributed by atoms with van der Waals surface area (Å²) in [5, 5.41) is 13.5. The Morgan fingerprint density at radius 3 is 2.40 bits per heavy atom. The zero-order valence-corrected chi connectivity index (χ0v) is 9.83. The maximum Gasteiger partial charge on any atom is 0.317 e. The number of carboxylic acid groups (broad SMARTS) is 1. The highest BCUT2D eigenvalue weighted by Crippen LogP contribution is 2.03. The van der Waals surface area contributed by atoms with E-state index in [2.05, 4.69) is 0 Å². The first-order valence-electron chi connectivity index (χ1n) is 4.72. The maximum atomic E-state index is 10.7. The minimum absolute atomic E-state index is 0.0304. The molecule has 0 bridgehead atoms. The molecule has 1 atom stereocenters. The Morgan fingerprint density at radius 1 is 1.53 bits per heavy atom. The fraction of sp³-hybridized carbons (Fsp3) is 0.875. The number of nitrogens with zero attached hydrogens (tertiary/aromatic N) is 1. The number of hydrogen-bond acceptors (Lipinski definition) is 4. The summed E-state index contributed by atoms with van der Waals surface area (Å²) < 4.78 is 21.5. The minimum atomic E-state index is -3.53. The molecule has 1 unspecified atom stereocenters. The SMILES string of the molecule is CCC(C)N(CCS(N)(=O)=O)CC(=O)O. The molecule has 15 heavy (non-hydrogen) atoms. The smallest absolute Gasteiger partial charge is 0.317 e. The van der Waals surface area contributed by atoms with Crippen LogP contribution in [0.25, 0.3) is 0 Å². The van der Waals surface area contributed by atoms with Crippen LogP contribution in [0, 0.1) is 0 Å². The Labute approximate surface area is 90.1 Å². The Morgan fingerprint density at radius 2 is 2.07 bits per heavy atom. The third-order valence-electron chi connectivity index (χ3n) is 2.22. The summed E-state index contributed by atoms with van der Waals surface area (Å²) in [7, 11) is -3.53. The van der Waals surface area contributed by atoms with Crippen LogP contribution in [0.4, 0.5) is 0 Å². The molecule has 0 rings (SSSR count). The van der Waals surface area contributed by atoms with Gasteiger partial charge in [0.15, 0.2) is 0 Å². The van der Waals surface area contributed by atoms with Gasteiger partial charge in [-0.1, -0.05) is 6.92 Å². The first-order chi connectivity index (χ1) is 6.76. The standard InChI is InChI=1S/C8H18N2O4S/c1-3-7(2)10(6-8(11)12)4-5-15(9,13)14/h7H,3-6H2,1-2H3,(H,11,12)(H2,9,13,14). The molecule has 3 N–H and O–H groups in total. The number of primary sulfonamides is 1. The average molecular weight is 238 g/mol. The molecule has 0 aromatic rings. The molecule has 0 saturated heterocycles. The van der Waals surface area contributed by atoms with Gasteiger partial charge in [0.25, 0.3) is 0 Å². The van der Waals surface area contributed by atoms with E-state index in [0.717, 1.165) is 6.42 Å². The number of aliphatic carboxylic acids is 1. The zero-order valence-electron chi connectivity index (χ0n) is 9.01. The van der Waals surface area contributed by atoms with Gasteiger partial charge < -0.3 is 5.11 Å². The molecule has 7 heteroatoms. The molecular formula is C8H18N2O4S. The van der Waals surface area contributed by atoms with Crippen molar-refractivity contribution in [3.63, 3.8) is 0 Å². The van der Waals surface area contributed by atoms with E-state index in [1.807, 2.05) is 13.8 Å². The Bertz CT molecular complexity index is 302. The third kappa shape index (κ3) is 7.29. The summed E-state index contributed by atoms with van der Waals surface area (Å²) in [6.45, 7) is 3.76. The van der Waals surface area contributed by atoms with Gasteiger partial charge in [0.1, 0.15) is 0 Å². The lowest BCUT2D eigenvalue weighted by Gasteiger charge is -2.25. The first-order valence-corrected chi connectivity index (χ1v) is 6.44. The van der Waals surface area contributed by atoms with Crippen molar-refractivity contribution in [3.8, 4) is 0 Å². The second kappa shape index (κ2) is 6.04. The van der Waals surface area contributed by atoms with Gasteiger partial charge in [0, 0.05) is 12.6 Å². The van der Waals surface area contributed by atoms with Crippen molar-refractivity contribution >= 4 is 16.0 Å². The molecule has 90 valence electrons.